The van der Waals surface area contributed by atoms with Gasteiger partial charge in [-0.05, 0) is 79.4 Å². The first kappa shape index (κ1) is 16.3. The van der Waals surface area contributed by atoms with Gasteiger partial charge in [-0.25, -0.2) is 4.98 Å². The minimum atomic E-state index is -0.136. The van der Waals surface area contributed by atoms with Crippen LogP contribution < -0.4 is 10.1 Å². The summed E-state index contributed by atoms with van der Waals surface area (Å²) < 4.78 is 5.48. The molecule has 5 heteroatoms. The summed E-state index contributed by atoms with van der Waals surface area (Å²) in [6.45, 7) is 0. The number of carbonyl (C=O) groups excluding carboxylic acids is 1. The smallest absolute Gasteiger partial charge is 0.261 e. The Morgan fingerprint density at radius 3 is 2.46 bits per heavy atom. The lowest BCUT2D eigenvalue weighted by atomic mass is 9.48. The van der Waals surface area contributed by atoms with Crippen molar-refractivity contribution in [1.29, 1.82) is 0 Å². The molecular weight excluding hydrogens is 344 g/mol. The number of anilines is 1. The van der Waals surface area contributed by atoms with Crippen molar-refractivity contribution in [2.45, 2.75) is 43.9 Å². The molecule has 0 aliphatic heterocycles. The van der Waals surface area contributed by atoms with Gasteiger partial charge in [0, 0.05) is 11.6 Å². The standard InChI is InChI=1S/C21H24N2O2S/c1-25-18-3-2-16(9-17(18)19(24)23-20-22-4-5-26-20)21-10-13-6-14(11-21)8-15(7-13)12-21/h2-5,9,13-15H,6-8,10-12H2,1H3,(H,22,23,24). The highest BCUT2D eigenvalue weighted by Crippen LogP contribution is 2.60. The van der Waals surface area contributed by atoms with E-state index >= 15 is 0 Å². The van der Waals surface area contributed by atoms with Crippen molar-refractivity contribution in [3.05, 3.63) is 40.9 Å². The lowest BCUT2D eigenvalue weighted by molar-refractivity contribution is -0.00521. The van der Waals surface area contributed by atoms with Crippen molar-refractivity contribution in [1.82, 2.24) is 4.98 Å². The van der Waals surface area contributed by atoms with Gasteiger partial charge in [0.05, 0.1) is 12.7 Å². The van der Waals surface area contributed by atoms with Gasteiger partial charge in [-0.2, -0.15) is 0 Å². The first-order valence-electron chi connectivity index (χ1n) is 9.54. The van der Waals surface area contributed by atoms with Crippen LogP contribution in [0.5, 0.6) is 5.75 Å². The Balaban J connectivity index is 1.50. The summed E-state index contributed by atoms with van der Waals surface area (Å²) in [7, 11) is 1.62. The second kappa shape index (κ2) is 6.08. The molecule has 0 radical (unpaired) electrons. The normalized spacial score (nSPS) is 31.8. The highest BCUT2D eigenvalue weighted by molar-refractivity contribution is 7.13. The van der Waals surface area contributed by atoms with Crippen LogP contribution in [0, 0.1) is 17.8 Å². The van der Waals surface area contributed by atoms with Gasteiger partial charge in [-0.15, -0.1) is 11.3 Å². The molecule has 0 atom stereocenters. The average molecular weight is 369 g/mol. The fourth-order valence-corrected chi connectivity index (χ4v) is 6.65. The number of amides is 1. The van der Waals surface area contributed by atoms with Gasteiger partial charge in [0.15, 0.2) is 5.13 Å². The van der Waals surface area contributed by atoms with E-state index in [1.54, 1.807) is 13.3 Å². The molecule has 4 saturated carbocycles. The van der Waals surface area contributed by atoms with Gasteiger partial charge in [0.2, 0.25) is 0 Å². The summed E-state index contributed by atoms with van der Waals surface area (Å²) in [5, 5.41) is 5.38. The van der Waals surface area contributed by atoms with Crippen LogP contribution in [0.15, 0.2) is 29.8 Å². The minimum absolute atomic E-state index is 0.136. The fourth-order valence-electron chi connectivity index (χ4n) is 6.13. The predicted molar refractivity (Wildman–Crippen MR) is 103 cm³/mol. The first-order chi connectivity index (χ1) is 12.6. The van der Waals surface area contributed by atoms with E-state index < -0.39 is 0 Å². The minimum Gasteiger partial charge on any atom is -0.496 e. The van der Waals surface area contributed by atoms with E-state index in [1.165, 1.54) is 55.4 Å². The highest BCUT2D eigenvalue weighted by atomic mass is 32.1. The molecule has 4 aliphatic rings. The largest absolute Gasteiger partial charge is 0.496 e. The summed E-state index contributed by atoms with van der Waals surface area (Å²) in [5.41, 5.74) is 2.23. The zero-order valence-electron chi connectivity index (χ0n) is 15.0. The number of methoxy groups -OCH3 is 1. The quantitative estimate of drug-likeness (QED) is 0.837. The molecule has 4 bridgehead atoms. The summed E-state index contributed by atoms with van der Waals surface area (Å²) in [4.78, 5) is 17.0. The second-order valence-electron chi connectivity index (χ2n) is 8.40. The first-order valence-corrected chi connectivity index (χ1v) is 10.4. The van der Waals surface area contributed by atoms with Crippen molar-refractivity contribution in [2.24, 2.45) is 17.8 Å². The Morgan fingerprint density at radius 2 is 1.88 bits per heavy atom. The van der Waals surface area contributed by atoms with E-state index in [0.717, 1.165) is 17.8 Å². The van der Waals surface area contributed by atoms with E-state index in [2.05, 4.69) is 22.4 Å². The number of aromatic nitrogens is 1. The number of benzene rings is 1. The second-order valence-corrected chi connectivity index (χ2v) is 9.30. The molecule has 0 unspecified atom stereocenters. The number of carbonyl (C=O) groups is 1. The van der Waals surface area contributed by atoms with Crippen molar-refractivity contribution >= 4 is 22.4 Å². The van der Waals surface area contributed by atoms with Crippen molar-refractivity contribution in [2.75, 3.05) is 12.4 Å². The maximum Gasteiger partial charge on any atom is 0.261 e. The lowest BCUT2D eigenvalue weighted by Gasteiger charge is -2.57. The highest BCUT2D eigenvalue weighted by Gasteiger charge is 2.51. The molecule has 1 N–H and O–H groups in total. The van der Waals surface area contributed by atoms with Crippen molar-refractivity contribution in [3.63, 3.8) is 0 Å². The molecule has 1 aromatic carbocycles. The third-order valence-corrected chi connectivity index (χ3v) is 7.44. The SMILES string of the molecule is COc1ccc(C23CC4CC(CC(C4)C2)C3)cc1C(=O)Nc1nccs1. The topological polar surface area (TPSA) is 51.2 Å². The molecule has 2 aromatic rings. The lowest BCUT2D eigenvalue weighted by Crippen LogP contribution is -2.48. The summed E-state index contributed by atoms with van der Waals surface area (Å²) in [6, 6.07) is 6.27. The summed E-state index contributed by atoms with van der Waals surface area (Å²) >= 11 is 1.43. The van der Waals surface area contributed by atoms with Crippen LogP contribution in [0.25, 0.3) is 0 Å². The van der Waals surface area contributed by atoms with Crippen LogP contribution in [0.3, 0.4) is 0 Å². The van der Waals surface area contributed by atoms with E-state index in [0.29, 0.717) is 16.4 Å². The van der Waals surface area contributed by atoms with E-state index in [-0.39, 0.29) is 11.3 Å². The van der Waals surface area contributed by atoms with Crippen molar-refractivity contribution < 1.29 is 9.53 Å². The van der Waals surface area contributed by atoms with Crippen LogP contribution in [0.2, 0.25) is 0 Å². The van der Waals surface area contributed by atoms with Gasteiger partial charge in [-0.3, -0.25) is 10.1 Å². The number of nitrogens with zero attached hydrogens (tertiary/aromatic N) is 1. The number of rotatable bonds is 4. The van der Waals surface area contributed by atoms with Gasteiger partial charge < -0.3 is 4.74 Å². The Bertz CT molecular complexity index is 795. The van der Waals surface area contributed by atoms with Crippen LogP contribution in [0.4, 0.5) is 5.13 Å². The monoisotopic (exact) mass is 368 g/mol. The molecule has 6 rings (SSSR count). The van der Waals surface area contributed by atoms with Gasteiger partial charge in [-0.1, -0.05) is 6.07 Å². The van der Waals surface area contributed by atoms with Crippen LogP contribution in [-0.4, -0.2) is 18.0 Å². The molecule has 4 aliphatic carbocycles. The third kappa shape index (κ3) is 2.64. The van der Waals surface area contributed by atoms with E-state index in [4.69, 9.17) is 4.74 Å². The van der Waals surface area contributed by atoms with E-state index in [9.17, 15) is 4.79 Å². The van der Waals surface area contributed by atoms with Crippen molar-refractivity contribution in [3.8, 4) is 5.75 Å². The molecule has 136 valence electrons. The molecule has 26 heavy (non-hydrogen) atoms. The van der Waals surface area contributed by atoms with Crippen LogP contribution in [0.1, 0.15) is 54.4 Å². The summed E-state index contributed by atoms with van der Waals surface area (Å²) in [5.74, 6) is 3.15. The molecule has 0 saturated heterocycles. The van der Waals surface area contributed by atoms with Crippen LogP contribution >= 0.6 is 11.3 Å². The fraction of sp³-hybridized carbons (Fsp3) is 0.524. The molecular formula is C21H24N2O2S. The zero-order valence-corrected chi connectivity index (χ0v) is 15.8. The Hall–Kier alpha value is -1.88. The molecule has 4 nitrogen and oxygen atoms in total. The maximum absolute atomic E-state index is 12.8. The molecule has 0 spiro atoms. The van der Waals surface area contributed by atoms with E-state index in [1.807, 2.05) is 11.4 Å². The summed E-state index contributed by atoms with van der Waals surface area (Å²) in [6.07, 6.45) is 9.84. The molecule has 1 amide bonds. The molecule has 1 heterocycles. The number of hydrogen-bond donors (Lipinski definition) is 1. The van der Waals surface area contributed by atoms with Gasteiger partial charge in [0.25, 0.3) is 5.91 Å². The van der Waals surface area contributed by atoms with Crippen LogP contribution in [-0.2, 0) is 5.41 Å². The maximum atomic E-state index is 12.8. The number of ether oxygens (including phenoxy) is 1. The Morgan fingerprint density at radius 1 is 1.19 bits per heavy atom. The van der Waals surface area contributed by atoms with Gasteiger partial charge in [0.1, 0.15) is 5.75 Å². The predicted octanol–water partition coefficient (Wildman–Crippen LogP) is 4.87. The Labute approximate surface area is 158 Å². The molecule has 4 fully saturated rings. The van der Waals surface area contributed by atoms with Gasteiger partial charge >= 0.3 is 0 Å². The number of nitrogens with one attached hydrogen (secondary N) is 1. The third-order valence-electron chi connectivity index (χ3n) is 6.75. The molecule has 1 aromatic heterocycles. The Kier molecular flexibility index (Phi) is 3.82. The number of thiazole rings is 1. The zero-order chi connectivity index (χ0) is 17.7. The average Bonchev–Trinajstić information content (AvgIpc) is 3.13. The number of hydrogen-bond acceptors (Lipinski definition) is 4.